The average molecular weight is 1250 g/mol. The third-order valence-electron chi connectivity index (χ3n) is 16.3. The van der Waals surface area contributed by atoms with Crippen molar-refractivity contribution in [2.45, 2.75) is 347 Å². The van der Waals surface area contributed by atoms with Gasteiger partial charge in [-0.15, -0.1) is 0 Å². The van der Waals surface area contributed by atoms with Crippen LogP contribution in [-0.4, -0.2) is 87.4 Å². The zero-order chi connectivity index (χ0) is 64.7. The smallest absolute Gasteiger partial charge is 0.361 e. The van der Waals surface area contributed by atoms with Crippen LogP contribution in [0, 0.1) is 0 Å². The van der Waals surface area contributed by atoms with Crippen LogP contribution in [0.5, 0.6) is 0 Å². The molecule has 9 heteroatoms. The standard InChI is InChI=1S/C80H141NO8/c1-6-8-10-12-14-16-18-20-22-24-26-28-30-32-34-36-37-38-39-40-41-43-45-47-49-51-53-55-57-59-61-63-65-67-69-71-78(83)89-76(75-88-80(79(84)85)86-73-72-81(3,4)5)74-87-77(82)70-68-66-64-62-60-58-56-54-52-50-48-46-44-42-35-33-31-29-27-25-23-21-19-17-15-13-11-9-7-2/h8-11,14-17,20-23,26-29,76,80H,6-7,12-13,18-19,24-25,30-75H2,1-5H3/p+1/b10-8-,11-9-,16-14-,17-15-,22-20-,23-21-,28-26-,29-27-. The molecule has 0 aliphatic rings. The number of allylic oxidation sites excluding steroid dienone is 16. The quantitative estimate of drug-likeness (QED) is 0.0211. The third-order valence-corrected chi connectivity index (χ3v) is 16.3. The molecule has 89 heavy (non-hydrogen) atoms. The largest absolute Gasteiger partial charge is 0.477 e. The van der Waals surface area contributed by atoms with Crippen molar-refractivity contribution in [3.63, 3.8) is 0 Å². The molecule has 0 radical (unpaired) electrons. The number of hydrogen-bond acceptors (Lipinski definition) is 7. The van der Waals surface area contributed by atoms with E-state index in [1.807, 2.05) is 21.1 Å². The number of likely N-dealkylation sites (N-methyl/N-ethyl adjacent to an activating group) is 1. The number of hydrogen-bond donors (Lipinski definition) is 1. The second-order valence-electron chi connectivity index (χ2n) is 26.2. The summed E-state index contributed by atoms with van der Waals surface area (Å²) in [5.41, 5.74) is 0. The molecule has 0 aromatic rings. The number of carbonyl (C=O) groups excluding carboxylic acids is 2. The molecule has 0 saturated heterocycles. The van der Waals surface area contributed by atoms with E-state index in [2.05, 4.69) is 111 Å². The fourth-order valence-corrected chi connectivity index (χ4v) is 10.7. The maximum Gasteiger partial charge on any atom is 0.361 e. The van der Waals surface area contributed by atoms with Gasteiger partial charge in [-0.05, 0) is 89.9 Å². The van der Waals surface area contributed by atoms with E-state index in [-0.39, 0.29) is 38.2 Å². The Hall–Kier alpha value is -3.79. The zero-order valence-corrected chi connectivity index (χ0v) is 58.8. The van der Waals surface area contributed by atoms with Crippen LogP contribution in [0.3, 0.4) is 0 Å². The Bertz CT molecular complexity index is 1790. The molecule has 0 aliphatic carbocycles. The van der Waals surface area contributed by atoms with E-state index < -0.39 is 18.4 Å². The molecule has 0 aromatic carbocycles. The first-order chi connectivity index (χ1) is 43.6. The maximum atomic E-state index is 13.0. The van der Waals surface area contributed by atoms with Crippen LogP contribution in [0.15, 0.2) is 97.2 Å². The highest BCUT2D eigenvalue weighted by Crippen LogP contribution is 2.19. The fraction of sp³-hybridized carbons (Fsp3) is 0.762. The zero-order valence-electron chi connectivity index (χ0n) is 58.8. The van der Waals surface area contributed by atoms with Crippen molar-refractivity contribution in [1.29, 1.82) is 0 Å². The number of nitrogens with zero attached hydrogens (tertiary/aromatic N) is 1. The van der Waals surface area contributed by atoms with Crippen molar-refractivity contribution in [3.05, 3.63) is 97.2 Å². The van der Waals surface area contributed by atoms with Gasteiger partial charge in [-0.2, -0.15) is 0 Å². The van der Waals surface area contributed by atoms with Gasteiger partial charge in [-0.25, -0.2) is 4.79 Å². The van der Waals surface area contributed by atoms with Crippen LogP contribution >= 0.6 is 0 Å². The predicted octanol–water partition coefficient (Wildman–Crippen LogP) is 23.6. The molecule has 0 aliphatic heterocycles. The molecule has 1 N–H and O–H groups in total. The number of esters is 2. The first kappa shape index (κ1) is 85.2. The number of carboxylic acid groups (broad SMARTS) is 1. The van der Waals surface area contributed by atoms with E-state index in [9.17, 15) is 19.5 Å². The number of unbranched alkanes of at least 4 members (excludes halogenated alkanes) is 38. The first-order valence-electron chi connectivity index (χ1n) is 37.4. The molecule has 0 saturated carbocycles. The molecule has 0 amide bonds. The van der Waals surface area contributed by atoms with Crippen LogP contribution < -0.4 is 0 Å². The normalized spacial score (nSPS) is 13.2. The number of carbonyl (C=O) groups is 3. The Kier molecular flexibility index (Phi) is 67.1. The fourth-order valence-electron chi connectivity index (χ4n) is 10.7. The Labute approximate surface area is 550 Å². The molecule has 0 bridgehead atoms. The summed E-state index contributed by atoms with van der Waals surface area (Å²) in [6.07, 6.45) is 94.0. The molecule has 0 spiro atoms. The van der Waals surface area contributed by atoms with E-state index in [1.54, 1.807) is 0 Å². The molecule has 0 fully saturated rings. The van der Waals surface area contributed by atoms with Crippen LogP contribution in [0.1, 0.15) is 335 Å². The Balaban J connectivity index is 4.03. The van der Waals surface area contributed by atoms with Gasteiger partial charge in [-0.1, -0.05) is 329 Å². The van der Waals surface area contributed by atoms with Crippen molar-refractivity contribution >= 4 is 17.9 Å². The Morgan fingerprint density at radius 2 is 0.607 bits per heavy atom. The highest BCUT2D eigenvalue weighted by atomic mass is 16.7. The molecule has 0 rings (SSSR count). The van der Waals surface area contributed by atoms with Gasteiger partial charge in [0.15, 0.2) is 6.10 Å². The van der Waals surface area contributed by atoms with Gasteiger partial charge in [0.05, 0.1) is 34.4 Å². The highest BCUT2D eigenvalue weighted by molar-refractivity contribution is 5.71. The predicted molar refractivity (Wildman–Crippen MR) is 382 cm³/mol. The average Bonchev–Trinajstić information content (AvgIpc) is 3.64. The first-order valence-corrected chi connectivity index (χ1v) is 37.4. The number of aliphatic carboxylic acids is 1. The summed E-state index contributed by atoms with van der Waals surface area (Å²) in [6.45, 7) is 4.70. The molecular formula is C80H142NO8+. The summed E-state index contributed by atoms with van der Waals surface area (Å²) in [5, 5.41) is 9.76. The van der Waals surface area contributed by atoms with Crippen LogP contribution in [-0.2, 0) is 33.3 Å². The molecular weight excluding hydrogens is 1100 g/mol. The van der Waals surface area contributed by atoms with E-state index >= 15 is 0 Å². The van der Waals surface area contributed by atoms with E-state index in [4.69, 9.17) is 18.9 Å². The van der Waals surface area contributed by atoms with Crippen LogP contribution in [0.25, 0.3) is 0 Å². The number of quaternary nitrogens is 1. The van der Waals surface area contributed by atoms with Gasteiger partial charge in [0, 0.05) is 12.8 Å². The van der Waals surface area contributed by atoms with Crippen LogP contribution in [0.2, 0.25) is 0 Å². The lowest BCUT2D eigenvalue weighted by molar-refractivity contribution is -0.870. The molecule has 514 valence electrons. The van der Waals surface area contributed by atoms with E-state index in [0.717, 1.165) is 89.9 Å². The maximum absolute atomic E-state index is 13.0. The summed E-state index contributed by atoms with van der Waals surface area (Å²) >= 11 is 0. The van der Waals surface area contributed by atoms with Crippen molar-refractivity contribution in [3.8, 4) is 0 Å². The van der Waals surface area contributed by atoms with Crippen LogP contribution in [0.4, 0.5) is 0 Å². The van der Waals surface area contributed by atoms with Crippen molar-refractivity contribution in [1.82, 2.24) is 0 Å². The van der Waals surface area contributed by atoms with Gasteiger partial charge in [0.1, 0.15) is 13.2 Å². The molecule has 0 aromatic heterocycles. The van der Waals surface area contributed by atoms with Crippen molar-refractivity contribution in [2.24, 2.45) is 0 Å². The van der Waals surface area contributed by atoms with Gasteiger partial charge in [0.2, 0.25) is 0 Å². The molecule has 2 unspecified atom stereocenters. The molecule has 9 nitrogen and oxygen atoms in total. The summed E-state index contributed by atoms with van der Waals surface area (Å²) < 4.78 is 23.0. The second-order valence-corrected chi connectivity index (χ2v) is 26.2. The third kappa shape index (κ3) is 71.5. The van der Waals surface area contributed by atoms with Crippen molar-refractivity contribution in [2.75, 3.05) is 47.5 Å². The van der Waals surface area contributed by atoms with Crippen molar-refractivity contribution < 1.29 is 42.9 Å². The number of rotatable bonds is 69. The Morgan fingerprint density at radius 3 is 0.899 bits per heavy atom. The Morgan fingerprint density at radius 1 is 0.337 bits per heavy atom. The van der Waals surface area contributed by atoms with E-state index in [1.165, 1.54) is 218 Å². The highest BCUT2D eigenvalue weighted by Gasteiger charge is 2.25. The summed E-state index contributed by atoms with van der Waals surface area (Å²) in [4.78, 5) is 37.7. The molecule has 0 heterocycles. The minimum absolute atomic E-state index is 0.181. The SMILES string of the molecule is CC/C=C\C/C=C\C/C=C\C/C=C\CCCCCCCCCCCCCCCCCCCCCCCCC(=O)OC(COC(=O)CCCCCCCCCCCCCCCCCC/C=C\C/C=C\C/C=C\C/C=C\CC)COC(OCC[N+](C)(C)C)C(=O)O. The minimum Gasteiger partial charge on any atom is -0.477 e. The number of ether oxygens (including phenoxy) is 4. The lowest BCUT2D eigenvalue weighted by Crippen LogP contribution is -2.40. The molecule has 2 atom stereocenters. The topological polar surface area (TPSA) is 108 Å². The summed E-state index contributed by atoms with van der Waals surface area (Å²) in [6, 6.07) is 0. The second kappa shape index (κ2) is 70.1. The number of carboxylic acids is 1. The summed E-state index contributed by atoms with van der Waals surface area (Å²) in [7, 11) is 5.99. The lowest BCUT2D eigenvalue weighted by Gasteiger charge is -2.25. The lowest BCUT2D eigenvalue weighted by atomic mass is 10.0. The van der Waals surface area contributed by atoms with Gasteiger partial charge < -0.3 is 28.5 Å². The van der Waals surface area contributed by atoms with Gasteiger partial charge in [-0.3, -0.25) is 9.59 Å². The van der Waals surface area contributed by atoms with Gasteiger partial charge >= 0.3 is 17.9 Å². The summed E-state index contributed by atoms with van der Waals surface area (Å²) in [5.74, 6) is -1.99. The van der Waals surface area contributed by atoms with Gasteiger partial charge in [0.25, 0.3) is 6.29 Å². The minimum atomic E-state index is -1.51. The monoisotopic (exact) mass is 1250 g/mol. The van der Waals surface area contributed by atoms with E-state index in [0.29, 0.717) is 17.4 Å².